The molecule has 3 heterocycles. The lowest BCUT2D eigenvalue weighted by atomic mass is 10.2. The van der Waals surface area contributed by atoms with E-state index in [1.807, 2.05) is 35.8 Å². The van der Waals surface area contributed by atoms with E-state index in [1.165, 1.54) is 0 Å². The molecule has 6 heteroatoms. The van der Waals surface area contributed by atoms with Gasteiger partial charge in [0.05, 0.1) is 6.54 Å². The number of aromatic nitrogens is 4. The van der Waals surface area contributed by atoms with Gasteiger partial charge in [-0.15, -0.1) is 10.2 Å². The molecule has 1 aromatic carbocycles. The van der Waals surface area contributed by atoms with Crippen molar-refractivity contribution >= 4 is 0 Å². The van der Waals surface area contributed by atoms with Crippen molar-refractivity contribution in [3.8, 4) is 17.3 Å². The standard InChI is InChI=1S/C14H12N4O2/c1-9-15-11(7-19-9)14-17-16-13-8-20-12-5-3-2-4-10(12)6-18(13)14/h2-5,7H,6,8H2,1H3. The highest BCUT2D eigenvalue weighted by atomic mass is 16.5. The number of fused-ring (bicyclic) bond motifs is 2. The number of para-hydroxylation sites is 1. The highest BCUT2D eigenvalue weighted by Gasteiger charge is 2.21. The van der Waals surface area contributed by atoms with Crippen molar-refractivity contribution in [1.82, 2.24) is 19.7 Å². The normalized spacial score (nSPS) is 13.2. The molecule has 1 aliphatic rings. The Labute approximate surface area is 115 Å². The Morgan fingerprint density at radius 3 is 2.95 bits per heavy atom. The lowest BCUT2D eigenvalue weighted by molar-refractivity contribution is 0.297. The summed E-state index contributed by atoms with van der Waals surface area (Å²) in [4.78, 5) is 4.32. The second-order valence-corrected chi connectivity index (χ2v) is 4.67. The molecule has 100 valence electrons. The van der Waals surface area contributed by atoms with E-state index in [0.29, 0.717) is 30.6 Å². The molecule has 20 heavy (non-hydrogen) atoms. The average molecular weight is 268 g/mol. The van der Waals surface area contributed by atoms with Crippen LogP contribution in [0.2, 0.25) is 0 Å². The molecule has 0 aliphatic carbocycles. The number of aryl methyl sites for hydroxylation is 1. The third kappa shape index (κ3) is 1.69. The maximum absolute atomic E-state index is 5.76. The Balaban J connectivity index is 1.83. The fourth-order valence-corrected chi connectivity index (χ4v) is 2.35. The highest BCUT2D eigenvalue weighted by Crippen LogP contribution is 2.27. The van der Waals surface area contributed by atoms with Gasteiger partial charge in [-0.2, -0.15) is 0 Å². The van der Waals surface area contributed by atoms with E-state index in [1.54, 1.807) is 6.26 Å². The van der Waals surface area contributed by atoms with Crippen molar-refractivity contribution in [2.24, 2.45) is 0 Å². The third-order valence-corrected chi connectivity index (χ3v) is 3.33. The molecule has 2 aromatic heterocycles. The van der Waals surface area contributed by atoms with Crippen molar-refractivity contribution in [3.05, 3.63) is 47.8 Å². The van der Waals surface area contributed by atoms with Gasteiger partial charge in [-0.25, -0.2) is 4.98 Å². The molecule has 0 radical (unpaired) electrons. The second-order valence-electron chi connectivity index (χ2n) is 4.67. The van der Waals surface area contributed by atoms with Gasteiger partial charge in [-0.05, 0) is 6.07 Å². The molecule has 4 rings (SSSR count). The maximum atomic E-state index is 5.76. The molecule has 0 amide bonds. The smallest absolute Gasteiger partial charge is 0.191 e. The molecule has 0 unspecified atom stereocenters. The molecule has 0 N–H and O–H groups in total. The van der Waals surface area contributed by atoms with E-state index in [0.717, 1.165) is 17.1 Å². The SMILES string of the molecule is Cc1nc(-c2nnc3n2Cc2ccccc2OC3)co1. The maximum Gasteiger partial charge on any atom is 0.191 e. The first-order valence-electron chi connectivity index (χ1n) is 6.36. The number of oxazole rings is 1. The fourth-order valence-electron chi connectivity index (χ4n) is 2.35. The Morgan fingerprint density at radius 2 is 2.10 bits per heavy atom. The van der Waals surface area contributed by atoms with Crippen LogP contribution in [0.1, 0.15) is 17.3 Å². The summed E-state index contributed by atoms with van der Waals surface area (Å²) >= 11 is 0. The lowest BCUT2D eigenvalue weighted by Crippen LogP contribution is -2.05. The lowest BCUT2D eigenvalue weighted by Gasteiger charge is -2.06. The zero-order valence-electron chi connectivity index (χ0n) is 10.9. The summed E-state index contributed by atoms with van der Waals surface area (Å²) in [5.74, 6) is 3.00. The fraction of sp³-hybridized carbons (Fsp3) is 0.214. The van der Waals surface area contributed by atoms with E-state index >= 15 is 0 Å². The molecule has 0 atom stereocenters. The topological polar surface area (TPSA) is 66.0 Å². The Kier molecular flexibility index (Phi) is 2.35. The van der Waals surface area contributed by atoms with Gasteiger partial charge in [-0.1, -0.05) is 18.2 Å². The minimum atomic E-state index is 0.404. The van der Waals surface area contributed by atoms with Gasteiger partial charge < -0.3 is 13.7 Å². The van der Waals surface area contributed by atoms with E-state index in [9.17, 15) is 0 Å². The predicted molar refractivity (Wildman–Crippen MR) is 70.1 cm³/mol. The molecule has 6 nitrogen and oxygen atoms in total. The zero-order valence-corrected chi connectivity index (χ0v) is 10.9. The summed E-state index contributed by atoms with van der Waals surface area (Å²) < 4.78 is 13.0. The largest absolute Gasteiger partial charge is 0.485 e. The van der Waals surface area contributed by atoms with Gasteiger partial charge in [0, 0.05) is 12.5 Å². The number of rotatable bonds is 1. The van der Waals surface area contributed by atoms with Crippen molar-refractivity contribution in [2.75, 3.05) is 0 Å². The first kappa shape index (κ1) is 11.2. The Hall–Kier alpha value is -2.63. The number of nitrogens with zero attached hydrogens (tertiary/aromatic N) is 4. The van der Waals surface area contributed by atoms with Crippen LogP contribution in [-0.2, 0) is 13.2 Å². The van der Waals surface area contributed by atoms with Crippen LogP contribution in [0, 0.1) is 6.92 Å². The molecular weight excluding hydrogens is 256 g/mol. The van der Waals surface area contributed by atoms with E-state index < -0.39 is 0 Å². The minimum absolute atomic E-state index is 0.404. The van der Waals surface area contributed by atoms with Gasteiger partial charge in [0.1, 0.15) is 24.3 Å². The van der Waals surface area contributed by atoms with Gasteiger partial charge in [-0.3, -0.25) is 0 Å². The van der Waals surface area contributed by atoms with Crippen LogP contribution in [0.25, 0.3) is 11.5 Å². The minimum Gasteiger partial charge on any atom is -0.485 e. The van der Waals surface area contributed by atoms with Crippen LogP contribution in [0.15, 0.2) is 34.9 Å². The summed E-state index contributed by atoms with van der Waals surface area (Å²) in [6.45, 7) is 2.88. The number of ether oxygens (including phenoxy) is 1. The van der Waals surface area contributed by atoms with Crippen LogP contribution in [0.4, 0.5) is 0 Å². The van der Waals surface area contributed by atoms with Crippen LogP contribution < -0.4 is 4.74 Å². The molecule has 1 aliphatic heterocycles. The van der Waals surface area contributed by atoms with E-state index in [-0.39, 0.29) is 0 Å². The van der Waals surface area contributed by atoms with Crippen molar-refractivity contribution < 1.29 is 9.15 Å². The Bertz CT molecular complexity index is 775. The van der Waals surface area contributed by atoms with Gasteiger partial charge in [0.25, 0.3) is 0 Å². The molecule has 0 bridgehead atoms. The van der Waals surface area contributed by atoms with Crippen LogP contribution in [-0.4, -0.2) is 19.7 Å². The first-order chi connectivity index (χ1) is 9.81. The summed E-state index contributed by atoms with van der Waals surface area (Å²) in [7, 11) is 0. The van der Waals surface area contributed by atoms with E-state index in [2.05, 4.69) is 15.2 Å². The average Bonchev–Trinajstić information content (AvgIpc) is 3.00. The summed E-state index contributed by atoms with van der Waals surface area (Å²) in [5, 5.41) is 8.40. The third-order valence-electron chi connectivity index (χ3n) is 3.33. The quantitative estimate of drug-likeness (QED) is 0.676. The zero-order chi connectivity index (χ0) is 13.5. The summed E-state index contributed by atoms with van der Waals surface area (Å²) in [5.41, 5.74) is 1.80. The monoisotopic (exact) mass is 268 g/mol. The molecule has 3 aromatic rings. The molecule has 0 spiro atoms. The second kappa shape index (κ2) is 4.19. The van der Waals surface area contributed by atoms with Crippen LogP contribution in [0.3, 0.4) is 0 Å². The molecular formula is C14H12N4O2. The van der Waals surface area contributed by atoms with Crippen LogP contribution >= 0.6 is 0 Å². The van der Waals surface area contributed by atoms with Gasteiger partial charge >= 0.3 is 0 Å². The number of benzene rings is 1. The Morgan fingerprint density at radius 1 is 1.20 bits per heavy atom. The summed E-state index contributed by atoms with van der Waals surface area (Å²) in [6, 6.07) is 7.97. The van der Waals surface area contributed by atoms with Gasteiger partial charge in [0.15, 0.2) is 17.5 Å². The van der Waals surface area contributed by atoms with Crippen molar-refractivity contribution in [2.45, 2.75) is 20.1 Å². The molecule has 0 saturated heterocycles. The van der Waals surface area contributed by atoms with E-state index in [4.69, 9.17) is 9.15 Å². The molecule has 0 saturated carbocycles. The predicted octanol–water partition coefficient (Wildman–Crippen LogP) is 2.18. The highest BCUT2D eigenvalue weighted by molar-refractivity contribution is 5.49. The number of hydrogen-bond donors (Lipinski definition) is 0. The van der Waals surface area contributed by atoms with Crippen LogP contribution in [0.5, 0.6) is 5.75 Å². The van der Waals surface area contributed by atoms with Crippen molar-refractivity contribution in [3.63, 3.8) is 0 Å². The molecule has 0 fully saturated rings. The summed E-state index contributed by atoms with van der Waals surface area (Å²) in [6.07, 6.45) is 1.60. The van der Waals surface area contributed by atoms with Crippen molar-refractivity contribution in [1.29, 1.82) is 0 Å². The first-order valence-corrected chi connectivity index (χ1v) is 6.36. The number of hydrogen-bond acceptors (Lipinski definition) is 5. The van der Waals surface area contributed by atoms with Gasteiger partial charge in [0.2, 0.25) is 0 Å².